The van der Waals surface area contributed by atoms with E-state index in [0.29, 0.717) is 17.4 Å². The number of hydrogen-bond acceptors (Lipinski definition) is 4. The van der Waals surface area contributed by atoms with Crippen molar-refractivity contribution in [2.24, 2.45) is 0 Å². The summed E-state index contributed by atoms with van der Waals surface area (Å²) in [6.45, 7) is 5.58. The van der Waals surface area contributed by atoms with Crippen molar-refractivity contribution < 1.29 is 8.42 Å². The maximum Gasteiger partial charge on any atom is 0.250 e. The summed E-state index contributed by atoms with van der Waals surface area (Å²) in [5.74, 6) is 0. The van der Waals surface area contributed by atoms with E-state index < -0.39 is 10.0 Å². The molecule has 1 heterocycles. The van der Waals surface area contributed by atoms with Gasteiger partial charge in [0.05, 0.1) is 4.34 Å². The van der Waals surface area contributed by atoms with Crippen LogP contribution in [0.15, 0.2) is 10.3 Å². The minimum Gasteiger partial charge on any atom is -0.316 e. The number of rotatable bonds is 6. The summed E-state index contributed by atoms with van der Waals surface area (Å²) in [6.07, 6.45) is 0. The monoisotopic (exact) mass is 318 g/mol. The molecule has 0 atom stereocenters. The molecule has 8 heteroatoms. The van der Waals surface area contributed by atoms with Crippen LogP contribution in [0.4, 0.5) is 0 Å². The van der Waals surface area contributed by atoms with Crippen LogP contribution in [0, 0.1) is 6.92 Å². The average Bonchev–Trinajstić information content (AvgIpc) is 2.55. The number of hydrogen-bond donors (Lipinski definition) is 2. The zero-order valence-corrected chi connectivity index (χ0v) is 12.8. The maximum absolute atomic E-state index is 11.8. The van der Waals surface area contributed by atoms with Crippen LogP contribution in [0.1, 0.15) is 12.5 Å². The molecule has 0 spiro atoms. The molecule has 0 aliphatic rings. The number of thiophene rings is 1. The summed E-state index contributed by atoms with van der Waals surface area (Å²) in [5.41, 5.74) is 0.790. The van der Waals surface area contributed by atoms with Crippen LogP contribution in [-0.4, -0.2) is 28.1 Å². The number of likely N-dealkylation sites (N-methyl/N-ethyl adjacent to an activating group) is 1. The van der Waals surface area contributed by atoms with Crippen molar-refractivity contribution in [3.8, 4) is 0 Å². The Bertz CT molecular complexity index is 426. The fraction of sp³-hybridized carbons (Fsp3) is 0.556. The highest BCUT2D eigenvalue weighted by molar-refractivity contribution is 7.91. The first kappa shape index (κ1) is 17.2. The fourth-order valence-electron chi connectivity index (χ4n) is 1.09. The van der Waals surface area contributed by atoms with Gasteiger partial charge in [-0.25, -0.2) is 13.1 Å². The zero-order chi connectivity index (χ0) is 12.2. The summed E-state index contributed by atoms with van der Waals surface area (Å²) in [7, 11) is -3.40. The molecule has 0 aliphatic heterocycles. The number of halogens is 2. The molecule has 0 bridgehead atoms. The third-order valence-corrected chi connectivity index (χ3v) is 5.43. The number of sulfonamides is 1. The lowest BCUT2D eigenvalue weighted by Crippen LogP contribution is -2.31. The molecule has 0 radical (unpaired) electrons. The Kier molecular flexibility index (Phi) is 7.62. The van der Waals surface area contributed by atoms with E-state index in [0.717, 1.165) is 23.4 Å². The predicted octanol–water partition coefficient (Wildman–Crippen LogP) is 2.02. The molecule has 17 heavy (non-hydrogen) atoms. The quantitative estimate of drug-likeness (QED) is 0.789. The highest BCUT2D eigenvalue weighted by Crippen LogP contribution is 2.29. The molecule has 4 nitrogen and oxygen atoms in total. The molecular weight excluding hydrogens is 303 g/mol. The standard InChI is InChI=1S/C9H15ClN2O2S2.ClH/c1-3-11-4-5-12-16(13,14)8-6-7(2)9(10)15-8;/h6,11-12H,3-5H2,1-2H3;1H. The van der Waals surface area contributed by atoms with E-state index in [2.05, 4.69) is 10.0 Å². The highest BCUT2D eigenvalue weighted by atomic mass is 35.5. The normalized spacial score (nSPS) is 11.2. The van der Waals surface area contributed by atoms with Gasteiger partial charge in [0.2, 0.25) is 10.0 Å². The van der Waals surface area contributed by atoms with E-state index >= 15 is 0 Å². The lowest BCUT2D eigenvalue weighted by molar-refractivity contribution is 0.579. The third-order valence-electron chi connectivity index (χ3n) is 1.94. The van der Waals surface area contributed by atoms with E-state index in [1.165, 1.54) is 0 Å². The summed E-state index contributed by atoms with van der Waals surface area (Å²) in [6, 6.07) is 1.59. The summed E-state index contributed by atoms with van der Waals surface area (Å²) < 4.78 is 26.9. The molecule has 0 aliphatic carbocycles. The van der Waals surface area contributed by atoms with Crippen LogP contribution in [0.3, 0.4) is 0 Å². The minimum atomic E-state index is -3.40. The average molecular weight is 319 g/mol. The first-order valence-electron chi connectivity index (χ1n) is 4.93. The van der Waals surface area contributed by atoms with Gasteiger partial charge in [-0.1, -0.05) is 18.5 Å². The van der Waals surface area contributed by atoms with Crippen LogP contribution in [0.2, 0.25) is 4.34 Å². The van der Waals surface area contributed by atoms with Gasteiger partial charge in [0.15, 0.2) is 0 Å². The summed E-state index contributed by atoms with van der Waals surface area (Å²) in [5, 5.41) is 3.04. The van der Waals surface area contributed by atoms with E-state index in [-0.39, 0.29) is 16.6 Å². The molecule has 0 saturated heterocycles. The highest BCUT2D eigenvalue weighted by Gasteiger charge is 2.17. The Hall–Kier alpha value is 0.150. The van der Waals surface area contributed by atoms with Gasteiger partial charge in [0.25, 0.3) is 0 Å². The van der Waals surface area contributed by atoms with Gasteiger partial charge in [-0.05, 0) is 25.1 Å². The molecule has 0 unspecified atom stereocenters. The van der Waals surface area contributed by atoms with Gasteiger partial charge in [-0.15, -0.1) is 23.7 Å². The van der Waals surface area contributed by atoms with Gasteiger partial charge in [0.1, 0.15) is 4.21 Å². The van der Waals surface area contributed by atoms with Crippen molar-refractivity contribution in [3.63, 3.8) is 0 Å². The van der Waals surface area contributed by atoms with Crippen molar-refractivity contribution >= 4 is 45.4 Å². The fourth-order valence-corrected chi connectivity index (χ4v) is 3.87. The Morgan fingerprint density at radius 1 is 1.41 bits per heavy atom. The molecule has 0 amide bonds. The van der Waals surface area contributed by atoms with E-state index in [4.69, 9.17) is 11.6 Å². The van der Waals surface area contributed by atoms with Gasteiger partial charge < -0.3 is 5.32 Å². The molecule has 0 saturated carbocycles. The molecule has 1 aromatic heterocycles. The summed E-state index contributed by atoms with van der Waals surface area (Å²) in [4.78, 5) is 0. The second-order valence-corrected chi connectivity index (χ2v) is 6.92. The SMILES string of the molecule is CCNCCNS(=O)(=O)c1cc(C)c(Cl)s1.Cl. The Labute approximate surface area is 117 Å². The Morgan fingerprint density at radius 3 is 2.53 bits per heavy atom. The smallest absolute Gasteiger partial charge is 0.250 e. The largest absolute Gasteiger partial charge is 0.316 e. The molecule has 1 aromatic rings. The van der Waals surface area contributed by atoms with Crippen LogP contribution in [-0.2, 0) is 10.0 Å². The van der Waals surface area contributed by atoms with Crippen molar-refractivity contribution in [2.75, 3.05) is 19.6 Å². The molecule has 0 aromatic carbocycles. The molecular formula is C9H16Cl2N2O2S2. The van der Waals surface area contributed by atoms with Gasteiger partial charge in [0, 0.05) is 13.1 Å². The molecule has 0 fully saturated rings. The first-order valence-corrected chi connectivity index (χ1v) is 7.61. The second-order valence-electron chi connectivity index (χ2n) is 3.27. The Balaban J connectivity index is 0.00000256. The third kappa shape index (κ3) is 5.11. The lowest BCUT2D eigenvalue weighted by Gasteiger charge is -2.04. The zero-order valence-electron chi connectivity index (χ0n) is 9.62. The van der Waals surface area contributed by atoms with Crippen LogP contribution < -0.4 is 10.0 Å². The summed E-state index contributed by atoms with van der Waals surface area (Å²) >= 11 is 6.91. The minimum absolute atomic E-state index is 0. The number of aryl methyl sites for hydroxylation is 1. The van der Waals surface area contributed by atoms with Crippen molar-refractivity contribution in [3.05, 3.63) is 16.0 Å². The second kappa shape index (κ2) is 7.56. The van der Waals surface area contributed by atoms with Crippen LogP contribution in [0.5, 0.6) is 0 Å². The van der Waals surface area contributed by atoms with E-state index in [1.54, 1.807) is 13.0 Å². The maximum atomic E-state index is 11.8. The predicted molar refractivity (Wildman–Crippen MR) is 75.0 cm³/mol. The van der Waals surface area contributed by atoms with Crippen LogP contribution >= 0.6 is 35.3 Å². The Morgan fingerprint density at radius 2 is 2.06 bits per heavy atom. The van der Waals surface area contributed by atoms with Crippen molar-refractivity contribution in [1.82, 2.24) is 10.0 Å². The van der Waals surface area contributed by atoms with Crippen LogP contribution in [0.25, 0.3) is 0 Å². The molecule has 2 N–H and O–H groups in total. The van der Waals surface area contributed by atoms with Crippen molar-refractivity contribution in [1.29, 1.82) is 0 Å². The van der Waals surface area contributed by atoms with E-state index in [9.17, 15) is 8.42 Å². The first-order chi connectivity index (χ1) is 7.47. The topological polar surface area (TPSA) is 58.2 Å². The number of nitrogens with one attached hydrogen (secondary N) is 2. The molecule has 1 rings (SSSR count). The van der Waals surface area contributed by atoms with E-state index in [1.807, 2.05) is 6.92 Å². The van der Waals surface area contributed by atoms with Gasteiger partial charge in [-0.3, -0.25) is 0 Å². The lowest BCUT2D eigenvalue weighted by atomic mass is 10.4. The molecule has 100 valence electrons. The van der Waals surface area contributed by atoms with Gasteiger partial charge >= 0.3 is 0 Å². The van der Waals surface area contributed by atoms with Gasteiger partial charge in [-0.2, -0.15) is 0 Å². The van der Waals surface area contributed by atoms with Crippen molar-refractivity contribution in [2.45, 2.75) is 18.1 Å².